The van der Waals surface area contributed by atoms with Gasteiger partial charge in [-0.25, -0.2) is 0 Å². The van der Waals surface area contributed by atoms with Crippen molar-refractivity contribution in [2.45, 2.75) is 19.4 Å². The van der Waals surface area contributed by atoms with Gasteiger partial charge in [0.05, 0.1) is 6.61 Å². The van der Waals surface area contributed by atoms with Crippen molar-refractivity contribution in [1.29, 1.82) is 0 Å². The molecule has 1 aromatic carbocycles. The minimum Gasteiger partial charge on any atom is -0.494 e. The third kappa shape index (κ3) is 4.22. The number of rotatable bonds is 8. The van der Waals surface area contributed by atoms with Gasteiger partial charge in [0.1, 0.15) is 11.8 Å². The van der Waals surface area contributed by atoms with Crippen molar-refractivity contribution in [1.82, 2.24) is 5.32 Å². The van der Waals surface area contributed by atoms with Crippen molar-refractivity contribution in [2.75, 3.05) is 13.2 Å². The van der Waals surface area contributed by atoms with Crippen LogP contribution in [-0.2, 0) is 4.79 Å². The standard InChI is InChI=1S/C14H19NO3/c1-3-8-15-13(14(16)17)11-6-5-7-12(10-11)18-9-4-2/h3,5-7,10,13,15H,1,4,8-9H2,2H3,(H,16,17). The van der Waals surface area contributed by atoms with E-state index < -0.39 is 12.0 Å². The molecule has 0 fully saturated rings. The quantitative estimate of drug-likeness (QED) is 0.694. The number of nitrogens with one attached hydrogen (secondary N) is 1. The summed E-state index contributed by atoms with van der Waals surface area (Å²) in [6, 6.07) is 6.41. The monoisotopic (exact) mass is 249 g/mol. The summed E-state index contributed by atoms with van der Waals surface area (Å²) in [5.41, 5.74) is 0.679. The van der Waals surface area contributed by atoms with Crippen LogP contribution < -0.4 is 10.1 Å². The van der Waals surface area contributed by atoms with Crippen LogP contribution in [0.1, 0.15) is 24.9 Å². The van der Waals surface area contributed by atoms with Gasteiger partial charge in [-0.15, -0.1) is 6.58 Å². The second-order valence-electron chi connectivity index (χ2n) is 3.89. The molecule has 0 saturated heterocycles. The van der Waals surface area contributed by atoms with E-state index in [1.165, 1.54) is 0 Å². The Labute approximate surface area is 107 Å². The van der Waals surface area contributed by atoms with E-state index >= 15 is 0 Å². The zero-order valence-electron chi connectivity index (χ0n) is 10.6. The van der Waals surface area contributed by atoms with E-state index in [2.05, 4.69) is 11.9 Å². The molecule has 2 N–H and O–H groups in total. The van der Waals surface area contributed by atoms with Gasteiger partial charge in [0.2, 0.25) is 0 Å². The van der Waals surface area contributed by atoms with Gasteiger partial charge in [-0.3, -0.25) is 10.1 Å². The van der Waals surface area contributed by atoms with E-state index in [1.807, 2.05) is 13.0 Å². The Hall–Kier alpha value is -1.81. The molecule has 0 aliphatic carbocycles. The largest absolute Gasteiger partial charge is 0.494 e. The van der Waals surface area contributed by atoms with Crippen LogP contribution in [0, 0.1) is 0 Å². The predicted octanol–water partition coefficient (Wildman–Crippen LogP) is 2.38. The summed E-state index contributed by atoms with van der Waals surface area (Å²) in [4.78, 5) is 11.2. The number of hydrogen-bond acceptors (Lipinski definition) is 3. The summed E-state index contributed by atoms with van der Waals surface area (Å²) in [7, 11) is 0. The third-order valence-corrected chi connectivity index (χ3v) is 2.38. The minimum absolute atomic E-state index is 0.441. The van der Waals surface area contributed by atoms with Gasteiger partial charge < -0.3 is 9.84 Å². The lowest BCUT2D eigenvalue weighted by molar-refractivity contribution is -0.139. The molecule has 1 unspecified atom stereocenters. The summed E-state index contributed by atoms with van der Waals surface area (Å²) >= 11 is 0. The van der Waals surface area contributed by atoms with Crippen LogP contribution >= 0.6 is 0 Å². The molecule has 0 spiro atoms. The van der Waals surface area contributed by atoms with Gasteiger partial charge >= 0.3 is 5.97 Å². The Bertz CT molecular complexity index is 404. The zero-order valence-corrected chi connectivity index (χ0v) is 10.6. The molecular formula is C14H19NO3. The van der Waals surface area contributed by atoms with Crippen molar-refractivity contribution < 1.29 is 14.6 Å². The fraction of sp³-hybridized carbons (Fsp3) is 0.357. The van der Waals surface area contributed by atoms with Gasteiger partial charge in [0, 0.05) is 6.54 Å². The highest BCUT2D eigenvalue weighted by Gasteiger charge is 2.18. The van der Waals surface area contributed by atoms with E-state index in [0.717, 1.165) is 6.42 Å². The molecule has 0 aliphatic heterocycles. The number of carboxylic acid groups (broad SMARTS) is 1. The van der Waals surface area contributed by atoms with Gasteiger partial charge in [-0.05, 0) is 24.1 Å². The highest BCUT2D eigenvalue weighted by Crippen LogP contribution is 2.19. The molecule has 0 aromatic heterocycles. The number of hydrogen-bond donors (Lipinski definition) is 2. The molecule has 0 saturated carbocycles. The second kappa shape index (κ2) is 7.50. The lowest BCUT2D eigenvalue weighted by Crippen LogP contribution is -2.28. The van der Waals surface area contributed by atoms with Crippen LogP contribution in [0.5, 0.6) is 5.75 Å². The highest BCUT2D eigenvalue weighted by atomic mass is 16.5. The van der Waals surface area contributed by atoms with Gasteiger partial charge in [-0.1, -0.05) is 25.1 Å². The highest BCUT2D eigenvalue weighted by molar-refractivity contribution is 5.75. The molecule has 0 radical (unpaired) electrons. The molecule has 1 aromatic rings. The maximum absolute atomic E-state index is 11.2. The van der Waals surface area contributed by atoms with Gasteiger partial charge in [-0.2, -0.15) is 0 Å². The first kappa shape index (κ1) is 14.3. The van der Waals surface area contributed by atoms with Crippen LogP contribution in [-0.4, -0.2) is 24.2 Å². The number of carbonyl (C=O) groups is 1. The lowest BCUT2D eigenvalue weighted by Gasteiger charge is -2.14. The first-order valence-corrected chi connectivity index (χ1v) is 5.99. The molecule has 0 heterocycles. The summed E-state index contributed by atoms with van der Waals surface area (Å²) < 4.78 is 5.49. The van der Waals surface area contributed by atoms with Crippen LogP contribution in [0.4, 0.5) is 0 Å². The van der Waals surface area contributed by atoms with E-state index in [0.29, 0.717) is 24.5 Å². The topological polar surface area (TPSA) is 58.6 Å². The summed E-state index contributed by atoms with van der Waals surface area (Å²) in [5.74, 6) is -0.217. The fourth-order valence-corrected chi connectivity index (χ4v) is 1.55. The Morgan fingerprint density at radius 1 is 1.61 bits per heavy atom. The van der Waals surface area contributed by atoms with Crippen LogP contribution in [0.25, 0.3) is 0 Å². The summed E-state index contributed by atoms with van der Waals surface area (Å²) in [5, 5.41) is 12.1. The molecule has 4 nitrogen and oxygen atoms in total. The van der Waals surface area contributed by atoms with Gasteiger partial charge in [0.15, 0.2) is 0 Å². The average molecular weight is 249 g/mol. The smallest absolute Gasteiger partial charge is 0.325 e. The molecule has 18 heavy (non-hydrogen) atoms. The van der Waals surface area contributed by atoms with Crippen LogP contribution in [0.3, 0.4) is 0 Å². The third-order valence-electron chi connectivity index (χ3n) is 2.38. The molecule has 0 amide bonds. The van der Waals surface area contributed by atoms with Crippen molar-refractivity contribution >= 4 is 5.97 Å². The number of benzene rings is 1. The summed E-state index contributed by atoms with van der Waals surface area (Å²) in [6.07, 6.45) is 2.55. The number of ether oxygens (including phenoxy) is 1. The minimum atomic E-state index is -0.913. The Balaban J connectivity index is 2.83. The predicted molar refractivity (Wildman–Crippen MR) is 70.8 cm³/mol. The Kier molecular flexibility index (Phi) is 5.94. The second-order valence-corrected chi connectivity index (χ2v) is 3.89. The van der Waals surface area contributed by atoms with E-state index in [-0.39, 0.29) is 0 Å². The normalized spacial score (nSPS) is 11.8. The van der Waals surface area contributed by atoms with Crippen molar-refractivity contribution in [3.63, 3.8) is 0 Å². The lowest BCUT2D eigenvalue weighted by atomic mass is 10.1. The molecule has 0 bridgehead atoms. The Morgan fingerprint density at radius 3 is 3.00 bits per heavy atom. The molecule has 1 atom stereocenters. The fourth-order valence-electron chi connectivity index (χ4n) is 1.55. The maximum atomic E-state index is 11.2. The number of carboxylic acids is 1. The average Bonchev–Trinajstić information content (AvgIpc) is 2.37. The van der Waals surface area contributed by atoms with Crippen LogP contribution in [0.15, 0.2) is 36.9 Å². The van der Waals surface area contributed by atoms with E-state index in [9.17, 15) is 9.90 Å². The van der Waals surface area contributed by atoms with E-state index in [1.54, 1.807) is 24.3 Å². The van der Waals surface area contributed by atoms with Crippen molar-refractivity contribution in [2.24, 2.45) is 0 Å². The van der Waals surface area contributed by atoms with Crippen molar-refractivity contribution in [3.05, 3.63) is 42.5 Å². The first-order valence-electron chi connectivity index (χ1n) is 5.99. The maximum Gasteiger partial charge on any atom is 0.325 e. The molecule has 4 heteroatoms. The first-order chi connectivity index (χ1) is 8.69. The molecule has 98 valence electrons. The van der Waals surface area contributed by atoms with Crippen molar-refractivity contribution in [3.8, 4) is 5.75 Å². The molecular weight excluding hydrogens is 230 g/mol. The zero-order chi connectivity index (χ0) is 13.4. The van der Waals surface area contributed by atoms with Crippen LogP contribution in [0.2, 0.25) is 0 Å². The molecule has 1 rings (SSSR count). The Morgan fingerprint density at radius 2 is 2.39 bits per heavy atom. The SMILES string of the molecule is C=CCNC(C(=O)O)c1cccc(OCCC)c1. The van der Waals surface area contributed by atoms with E-state index in [4.69, 9.17) is 4.74 Å². The summed E-state index contributed by atoms with van der Waals surface area (Å²) in [6.45, 7) is 6.65. The molecule has 0 aliphatic rings. The van der Waals surface area contributed by atoms with Gasteiger partial charge in [0.25, 0.3) is 0 Å². The number of aliphatic carboxylic acids is 1.